The molecule has 0 aromatic carbocycles. The van der Waals surface area contributed by atoms with Gasteiger partial charge in [0.05, 0.1) is 0 Å². The quantitative estimate of drug-likeness (QED) is 0.527. The topological polar surface area (TPSA) is 0 Å². The fraction of sp³-hybridized carbons (Fsp3) is 1.00. The molecule has 0 amide bonds. The number of hydrogen-bond acceptors (Lipinski definition) is 0. The molecule has 0 aliphatic carbocycles. The monoisotopic (exact) mass is 258 g/mol. The van der Waals surface area contributed by atoms with Crippen molar-refractivity contribution in [2.45, 2.75) is 18.0 Å². The molecular formula is C4F9K. The van der Waals surface area contributed by atoms with Crippen molar-refractivity contribution in [3.8, 4) is 0 Å². The van der Waals surface area contributed by atoms with E-state index in [1.165, 1.54) is 0 Å². The Kier molecular flexibility index (Phi) is 4.06. The van der Waals surface area contributed by atoms with Crippen LogP contribution in [0.4, 0.5) is 39.5 Å². The molecule has 0 radical (unpaired) electrons. The van der Waals surface area contributed by atoms with Crippen LogP contribution in [0.1, 0.15) is 0 Å². The molecule has 0 nitrogen and oxygen atoms in total. The van der Waals surface area contributed by atoms with E-state index in [9.17, 15) is 39.5 Å². The van der Waals surface area contributed by atoms with Crippen molar-refractivity contribution in [1.29, 1.82) is 0 Å². The first kappa shape index (κ1) is 15.0. The molecule has 10 heteroatoms. The fourth-order valence-electron chi connectivity index (χ4n) is 0.454. The first-order valence-corrected chi connectivity index (χ1v) is 4.51. The minimum absolute atomic E-state index is 2.20. The Hall–Kier alpha value is 1.01. The third-order valence-corrected chi connectivity index (χ3v) is 2.28. The SMILES string of the molecule is FC(F)(F)C(F)(F)C(F)(F)[C](F)(F)[K]. The molecule has 0 spiro atoms. The maximum atomic E-state index is 12.0. The van der Waals surface area contributed by atoms with Gasteiger partial charge in [-0.15, -0.1) is 0 Å². The maximum absolute atomic E-state index is 12.0. The minimum atomic E-state index is -6.72. The third-order valence-electron chi connectivity index (χ3n) is 1.30. The molecule has 0 N–H and O–H groups in total. The van der Waals surface area contributed by atoms with Crippen LogP contribution in [-0.2, 0) is 0 Å². The van der Waals surface area contributed by atoms with Crippen molar-refractivity contribution in [3.05, 3.63) is 0 Å². The average molecular weight is 258 g/mol. The Labute approximate surface area is 105 Å². The summed E-state index contributed by atoms with van der Waals surface area (Å²) in [6.45, 7) is 0. The van der Waals surface area contributed by atoms with Crippen LogP contribution in [0, 0.1) is 0 Å². The fourth-order valence-corrected chi connectivity index (χ4v) is 0.944. The second-order valence-electron chi connectivity index (χ2n) is 2.53. The van der Waals surface area contributed by atoms with Gasteiger partial charge in [-0.05, 0) is 0 Å². The summed E-state index contributed by atoms with van der Waals surface area (Å²) >= 11 is -2.20. The van der Waals surface area contributed by atoms with E-state index in [1.807, 2.05) is 0 Å². The van der Waals surface area contributed by atoms with Crippen molar-refractivity contribution in [2.24, 2.45) is 0 Å². The molecule has 0 bridgehead atoms. The van der Waals surface area contributed by atoms with Crippen molar-refractivity contribution >= 4 is 49.0 Å². The predicted octanol–water partition coefficient (Wildman–Crippen LogP) is 2.58. The van der Waals surface area contributed by atoms with Gasteiger partial charge in [-0.25, -0.2) is 0 Å². The molecule has 0 aliphatic heterocycles. The van der Waals surface area contributed by atoms with Crippen LogP contribution < -0.4 is 0 Å². The summed E-state index contributed by atoms with van der Waals surface area (Å²) < 4.78 is 100. The van der Waals surface area contributed by atoms with Crippen molar-refractivity contribution in [3.63, 3.8) is 0 Å². The van der Waals surface area contributed by atoms with Gasteiger partial charge >= 0.3 is 107 Å². The van der Waals surface area contributed by atoms with Crippen LogP contribution in [0.5, 0.6) is 0 Å². The standard InChI is InChI=1S/C4F9.K/c5-1(6)2(7,8)3(9,10)4(11,12)13;. The summed E-state index contributed by atoms with van der Waals surface area (Å²) in [5, 5.41) is 0. The molecule has 0 aromatic rings. The molecule has 0 atom stereocenters. The molecular weight excluding hydrogens is 258 g/mol. The predicted molar refractivity (Wildman–Crippen MR) is 26.6 cm³/mol. The molecule has 0 saturated carbocycles. The third kappa shape index (κ3) is 2.39. The Morgan fingerprint density at radius 1 is 0.571 bits per heavy atom. The van der Waals surface area contributed by atoms with E-state index in [2.05, 4.69) is 0 Å². The summed E-state index contributed by atoms with van der Waals surface area (Å²) in [6, 6.07) is 0. The zero-order valence-corrected chi connectivity index (χ0v) is 9.52. The summed E-state index contributed by atoms with van der Waals surface area (Å²) in [7, 11) is 0. The van der Waals surface area contributed by atoms with Crippen LogP contribution in [-0.4, -0.2) is 67.0 Å². The van der Waals surface area contributed by atoms with E-state index < -0.39 is 67.0 Å². The molecule has 0 aliphatic rings. The van der Waals surface area contributed by atoms with Crippen LogP contribution in [0.15, 0.2) is 0 Å². The zero-order chi connectivity index (χ0) is 12.0. The van der Waals surface area contributed by atoms with Gasteiger partial charge in [0, 0.05) is 0 Å². The molecule has 0 saturated heterocycles. The summed E-state index contributed by atoms with van der Waals surface area (Å²) in [5.74, 6) is -13.1. The van der Waals surface area contributed by atoms with Crippen molar-refractivity contribution < 1.29 is 39.5 Å². The first-order chi connectivity index (χ1) is 5.75. The van der Waals surface area contributed by atoms with Gasteiger partial charge < -0.3 is 0 Å². The van der Waals surface area contributed by atoms with Crippen LogP contribution in [0.3, 0.4) is 0 Å². The van der Waals surface area contributed by atoms with Gasteiger partial charge in [0.25, 0.3) is 0 Å². The van der Waals surface area contributed by atoms with E-state index in [0.717, 1.165) is 0 Å². The molecule has 0 fully saturated rings. The molecule has 0 aromatic heterocycles. The van der Waals surface area contributed by atoms with Crippen LogP contribution in [0.25, 0.3) is 0 Å². The van der Waals surface area contributed by atoms with Gasteiger partial charge in [0.15, 0.2) is 0 Å². The molecule has 80 valence electrons. The van der Waals surface area contributed by atoms with E-state index in [-0.39, 0.29) is 0 Å². The molecule has 0 heterocycles. The Bertz CT molecular complexity index is 186. The second-order valence-corrected chi connectivity index (χ2v) is 4.50. The van der Waals surface area contributed by atoms with Crippen molar-refractivity contribution in [2.75, 3.05) is 0 Å². The molecule has 0 unspecified atom stereocenters. The Morgan fingerprint density at radius 2 is 0.857 bits per heavy atom. The Balaban J connectivity index is 5.30. The number of alkyl halides is 9. The van der Waals surface area contributed by atoms with E-state index in [0.29, 0.717) is 0 Å². The summed E-state index contributed by atoms with van der Waals surface area (Å²) in [4.78, 5) is 0. The Morgan fingerprint density at radius 3 is 0.929 bits per heavy atom. The van der Waals surface area contributed by atoms with Gasteiger partial charge in [0.2, 0.25) is 0 Å². The van der Waals surface area contributed by atoms with E-state index >= 15 is 0 Å². The average Bonchev–Trinajstić information content (AvgIpc) is 1.81. The molecule has 0 rings (SSSR count). The van der Waals surface area contributed by atoms with Crippen LogP contribution in [0.2, 0.25) is 0 Å². The van der Waals surface area contributed by atoms with Gasteiger partial charge in [-0.2, -0.15) is 0 Å². The van der Waals surface area contributed by atoms with Gasteiger partial charge in [0.1, 0.15) is 0 Å². The van der Waals surface area contributed by atoms with E-state index in [4.69, 9.17) is 0 Å². The van der Waals surface area contributed by atoms with Gasteiger partial charge in [-0.1, -0.05) is 0 Å². The molecule has 14 heavy (non-hydrogen) atoms. The van der Waals surface area contributed by atoms with Crippen LogP contribution >= 0.6 is 0 Å². The summed E-state index contributed by atoms with van der Waals surface area (Å²) in [5.41, 5.74) is 0. The normalized spacial score (nSPS) is 15.9. The first-order valence-electron chi connectivity index (χ1n) is 2.95. The van der Waals surface area contributed by atoms with E-state index in [1.54, 1.807) is 0 Å². The zero-order valence-electron chi connectivity index (χ0n) is 6.40. The number of halogens is 9. The van der Waals surface area contributed by atoms with Gasteiger partial charge in [-0.3, -0.25) is 0 Å². The number of hydrogen-bond donors (Lipinski definition) is 0. The second kappa shape index (κ2) is 3.79. The number of rotatable bonds is 2. The summed E-state index contributed by atoms with van der Waals surface area (Å²) in [6.07, 6.45) is -6.70. The van der Waals surface area contributed by atoms with Crippen molar-refractivity contribution in [1.82, 2.24) is 0 Å².